The van der Waals surface area contributed by atoms with Gasteiger partial charge in [-0.05, 0) is 128 Å². The molecule has 0 aromatic rings. The summed E-state index contributed by atoms with van der Waals surface area (Å²) in [6.07, 6.45) is 11.4. The van der Waals surface area contributed by atoms with E-state index in [0.29, 0.717) is 46.8 Å². The molecule has 1 unspecified atom stereocenters. The second-order valence-corrected chi connectivity index (χ2v) is 19.8. The van der Waals surface area contributed by atoms with Gasteiger partial charge in [-0.3, -0.25) is 4.79 Å². The molecule has 3 saturated heterocycles. The monoisotopic (exact) mass is 682 g/mol. The quantitative estimate of drug-likeness (QED) is 0.314. The highest BCUT2D eigenvalue weighted by molar-refractivity contribution is 5.76. The first kappa shape index (κ1) is 34.7. The molecule has 2 N–H and O–H groups in total. The number of nitrogens with zero attached hydrogens (tertiary/aromatic N) is 1. The zero-order valence-electron chi connectivity index (χ0n) is 31.6. The summed E-state index contributed by atoms with van der Waals surface area (Å²) in [4.78, 5) is 28.1. The van der Waals surface area contributed by atoms with Crippen molar-refractivity contribution >= 4 is 12.0 Å². The molecule has 8 aliphatic rings. The third kappa shape index (κ3) is 4.83. The lowest BCUT2D eigenvalue weighted by atomic mass is 9.41. The molecule has 2 spiro atoms. The van der Waals surface area contributed by atoms with Crippen LogP contribution in [-0.4, -0.2) is 78.8 Å². The second-order valence-electron chi connectivity index (χ2n) is 19.8. The van der Waals surface area contributed by atoms with Gasteiger partial charge in [0.05, 0.1) is 18.3 Å². The van der Waals surface area contributed by atoms with E-state index in [1.807, 2.05) is 0 Å². The molecule has 0 aromatic carbocycles. The Hall–Kier alpha value is -1.38. The molecule has 8 rings (SSSR count). The summed E-state index contributed by atoms with van der Waals surface area (Å²) in [5, 5.41) is 16.0. The number of nitrogens with one attached hydrogen (secondary N) is 1. The van der Waals surface area contributed by atoms with Crippen LogP contribution < -0.4 is 5.32 Å². The minimum absolute atomic E-state index is 0.00457. The number of carbonyl (C=O) groups excluding carboxylic acids is 2. The van der Waals surface area contributed by atoms with E-state index < -0.39 is 6.10 Å². The third-order valence-electron chi connectivity index (χ3n) is 17.5. The van der Waals surface area contributed by atoms with Gasteiger partial charge in [-0.25, -0.2) is 4.79 Å². The van der Waals surface area contributed by atoms with Crippen LogP contribution in [0.1, 0.15) is 126 Å². The van der Waals surface area contributed by atoms with E-state index >= 15 is 0 Å². The fourth-order valence-corrected chi connectivity index (χ4v) is 14.7. The van der Waals surface area contributed by atoms with Crippen LogP contribution in [0.25, 0.3) is 0 Å². The summed E-state index contributed by atoms with van der Waals surface area (Å²) >= 11 is 0. The molecule has 0 aromatic heterocycles. The summed E-state index contributed by atoms with van der Waals surface area (Å²) in [5.74, 6) is 2.59. The molecule has 2 amide bonds. The van der Waals surface area contributed by atoms with E-state index in [1.165, 1.54) is 32.1 Å². The minimum atomic E-state index is -0.527. The van der Waals surface area contributed by atoms with Crippen LogP contribution in [-0.2, 0) is 19.0 Å². The van der Waals surface area contributed by atoms with E-state index in [2.05, 4.69) is 53.8 Å². The number of aliphatic hydroxyl groups is 1. The Morgan fingerprint density at radius 3 is 2.33 bits per heavy atom. The Morgan fingerprint density at radius 1 is 0.959 bits per heavy atom. The average Bonchev–Trinajstić information content (AvgIpc) is 3.65. The number of fused-ring (bicyclic) bond motifs is 4. The van der Waals surface area contributed by atoms with Gasteiger partial charge >= 0.3 is 6.09 Å². The fraction of sp³-hybridized carbons (Fsp3) is 0.951. The van der Waals surface area contributed by atoms with Crippen molar-refractivity contribution in [3.05, 3.63) is 0 Å². The fourth-order valence-electron chi connectivity index (χ4n) is 14.7. The number of hydrogen-bond acceptors (Lipinski definition) is 6. The number of amides is 2. The van der Waals surface area contributed by atoms with Gasteiger partial charge in [0, 0.05) is 44.2 Å². The molecule has 49 heavy (non-hydrogen) atoms. The van der Waals surface area contributed by atoms with E-state index in [4.69, 9.17) is 14.2 Å². The molecule has 8 fully saturated rings. The number of likely N-dealkylation sites (tertiary alicyclic amines) is 1. The van der Waals surface area contributed by atoms with E-state index in [9.17, 15) is 14.7 Å². The molecule has 0 radical (unpaired) electrons. The molecule has 8 nitrogen and oxygen atoms in total. The molecule has 8 heteroatoms. The minimum Gasteiger partial charge on any atom is -0.443 e. The number of carbonyl (C=O) groups is 2. The molecule has 276 valence electrons. The highest BCUT2D eigenvalue weighted by Gasteiger charge is 2.84. The van der Waals surface area contributed by atoms with Gasteiger partial charge < -0.3 is 29.5 Å². The normalized spacial score (nSPS) is 49.0. The van der Waals surface area contributed by atoms with Gasteiger partial charge in [-0.1, -0.05) is 48.5 Å². The molecular formula is C41H66N2O6. The first-order valence-electron chi connectivity index (χ1n) is 20.4. The van der Waals surface area contributed by atoms with Crippen LogP contribution in [0.15, 0.2) is 0 Å². The molecule has 0 bridgehead atoms. The Kier molecular flexibility index (Phi) is 8.37. The van der Waals surface area contributed by atoms with Crippen LogP contribution in [0.3, 0.4) is 0 Å². The first-order chi connectivity index (χ1) is 23.2. The zero-order chi connectivity index (χ0) is 34.7. The van der Waals surface area contributed by atoms with Gasteiger partial charge in [0.2, 0.25) is 5.91 Å². The van der Waals surface area contributed by atoms with E-state index in [0.717, 1.165) is 64.8 Å². The lowest BCUT2D eigenvalue weighted by Gasteiger charge is -2.64. The van der Waals surface area contributed by atoms with Crippen LogP contribution in [0, 0.1) is 62.6 Å². The van der Waals surface area contributed by atoms with Crippen LogP contribution in [0.2, 0.25) is 0 Å². The molecular weight excluding hydrogens is 616 g/mol. The van der Waals surface area contributed by atoms with Gasteiger partial charge in [-0.15, -0.1) is 0 Å². The largest absolute Gasteiger partial charge is 0.443 e. The lowest BCUT2D eigenvalue weighted by molar-refractivity contribution is -0.183. The summed E-state index contributed by atoms with van der Waals surface area (Å²) in [6.45, 7) is 19.6. The smallest absolute Gasteiger partial charge is 0.410 e. The molecule has 3 aliphatic heterocycles. The van der Waals surface area contributed by atoms with Crippen LogP contribution >= 0.6 is 0 Å². The van der Waals surface area contributed by atoms with E-state index in [-0.39, 0.29) is 58.5 Å². The third-order valence-corrected chi connectivity index (χ3v) is 17.5. The standard InChI is InChI=1S/C41H66N2O6/c1-24(2)33(49-36(46)43-17-8-18-43)28-21-25(3)32-34(48-28)35(45)39(7)30-10-9-29-37(4,5)26(22-31(44)42-27-12-19-47-20-13-27)11-14-40(29)23-41(30,40)16-15-38(32,39)6/h24-30,32-35,45H,8-23H2,1-7H3,(H,42,44)/t25-,26-,28-,29+,30+,32+,33?,34+,35+,38-,39-,40-,41+/m1/s1. The van der Waals surface area contributed by atoms with Crippen molar-refractivity contribution in [2.24, 2.45) is 62.6 Å². The topological polar surface area (TPSA) is 97.3 Å². The van der Waals surface area contributed by atoms with Crippen molar-refractivity contribution in [2.45, 2.75) is 156 Å². The van der Waals surface area contributed by atoms with Crippen molar-refractivity contribution in [2.75, 3.05) is 26.3 Å². The van der Waals surface area contributed by atoms with Crippen molar-refractivity contribution < 1.29 is 28.9 Å². The number of aliphatic hydroxyl groups excluding tert-OH is 1. The maximum Gasteiger partial charge on any atom is 0.410 e. The SMILES string of the molecule is CC(C)C(OC(=O)N1CCC1)[C@H]1C[C@@H](C)[C@H]2[C@H](O1)[C@H](O)[C@@]1(C)[C@@H]3CC[C@H]4C(C)(C)[C@@H](CC(=O)NC5CCOCC5)CC[C@@]45C[C@@]35CC[C@]21C. The summed E-state index contributed by atoms with van der Waals surface area (Å²) in [7, 11) is 0. The summed E-state index contributed by atoms with van der Waals surface area (Å²) in [5.41, 5.74) is 0.539. The van der Waals surface area contributed by atoms with Crippen LogP contribution in [0.5, 0.6) is 0 Å². The van der Waals surface area contributed by atoms with Gasteiger partial charge in [0.15, 0.2) is 0 Å². The molecule has 5 aliphatic carbocycles. The maximum absolute atomic E-state index is 13.3. The highest BCUT2D eigenvalue weighted by atomic mass is 16.6. The second kappa shape index (κ2) is 11.8. The number of rotatable bonds is 6. The Bertz CT molecular complexity index is 1310. The predicted octanol–water partition coefficient (Wildman–Crippen LogP) is 6.97. The van der Waals surface area contributed by atoms with E-state index in [1.54, 1.807) is 4.90 Å². The summed E-state index contributed by atoms with van der Waals surface area (Å²) < 4.78 is 18.7. The Morgan fingerprint density at radius 2 is 1.65 bits per heavy atom. The van der Waals surface area contributed by atoms with Crippen molar-refractivity contribution in [3.8, 4) is 0 Å². The highest BCUT2D eigenvalue weighted by Crippen LogP contribution is 2.89. The average molecular weight is 683 g/mol. The van der Waals surface area contributed by atoms with Gasteiger partial charge in [-0.2, -0.15) is 0 Å². The molecule has 3 heterocycles. The number of ether oxygens (including phenoxy) is 3. The molecule has 13 atom stereocenters. The van der Waals surface area contributed by atoms with Gasteiger partial charge in [0.1, 0.15) is 6.10 Å². The van der Waals surface area contributed by atoms with Crippen LogP contribution in [0.4, 0.5) is 4.79 Å². The van der Waals surface area contributed by atoms with Crippen molar-refractivity contribution in [1.82, 2.24) is 10.2 Å². The maximum atomic E-state index is 13.3. The number of hydrogen-bond donors (Lipinski definition) is 2. The Balaban J connectivity index is 1.01. The predicted molar refractivity (Wildman–Crippen MR) is 187 cm³/mol. The lowest BCUT2D eigenvalue weighted by Crippen LogP contribution is -2.59. The Labute approximate surface area is 295 Å². The van der Waals surface area contributed by atoms with Crippen molar-refractivity contribution in [3.63, 3.8) is 0 Å². The molecule has 5 saturated carbocycles. The summed E-state index contributed by atoms with van der Waals surface area (Å²) in [6, 6.07) is 0.263. The van der Waals surface area contributed by atoms with Crippen molar-refractivity contribution in [1.29, 1.82) is 0 Å². The van der Waals surface area contributed by atoms with Gasteiger partial charge in [0.25, 0.3) is 0 Å². The zero-order valence-corrected chi connectivity index (χ0v) is 31.6. The first-order valence-corrected chi connectivity index (χ1v) is 20.4.